The molecule has 3 aliphatic heterocycles. The molecule has 0 saturated heterocycles. The van der Waals surface area contributed by atoms with Crippen molar-refractivity contribution in [3.05, 3.63) is 34.6 Å². The van der Waals surface area contributed by atoms with E-state index in [2.05, 4.69) is 14.2 Å². The maximum atomic E-state index is 10.8. The van der Waals surface area contributed by atoms with Crippen LogP contribution in [-0.4, -0.2) is 163 Å². The van der Waals surface area contributed by atoms with Gasteiger partial charge in [-0.3, -0.25) is 0 Å². The van der Waals surface area contributed by atoms with Crippen molar-refractivity contribution in [2.45, 2.75) is 36.6 Å². The fraction of sp³-hybridized carbons (Fsp3) is 0.500. The van der Waals surface area contributed by atoms with E-state index in [4.69, 9.17) is 51.1 Å². The number of aliphatic hydroxyl groups is 10. The molecule has 19 heteroatoms. The largest absolute Gasteiger partial charge is 2.00 e. The first-order valence-electron chi connectivity index (χ1n) is 9.55. The van der Waals surface area contributed by atoms with E-state index in [1.165, 1.54) is 0 Å². The Balaban J connectivity index is 0.000000518. The quantitative estimate of drug-likeness (QED) is 0.0810. The average molecular weight is 566 g/mol. The Labute approximate surface area is 235 Å². The van der Waals surface area contributed by atoms with Crippen LogP contribution in [0.25, 0.3) is 0 Å². The zero-order valence-corrected chi connectivity index (χ0v) is 20.7. The molecule has 37 heavy (non-hydrogen) atoms. The molecular formula is C18H22CaO18. The molecule has 18 nitrogen and oxygen atoms in total. The van der Waals surface area contributed by atoms with E-state index in [1.54, 1.807) is 0 Å². The zero-order valence-electron chi connectivity index (χ0n) is 18.5. The van der Waals surface area contributed by atoms with E-state index in [0.29, 0.717) is 0 Å². The molecule has 10 N–H and O–H groups in total. The Hall–Kier alpha value is -2.55. The molecule has 0 aromatic rings. The Morgan fingerprint density at radius 3 is 1.08 bits per heavy atom. The fourth-order valence-corrected chi connectivity index (χ4v) is 2.44. The normalized spacial score (nSPS) is 25.1. The number of hydrogen-bond acceptors (Lipinski definition) is 18. The minimum Gasteiger partial charge on any atom is -0.870 e. The van der Waals surface area contributed by atoms with Gasteiger partial charge >= 0.3 is 55.6 Å². The third-order valence-corrected chi connectivity index (χ3v) is 4.39. The van der Waals surface area contributed by atoms with E-state index in [0.717, 1.165) is 0 Å². The van der Waals surface area contributed by atoms with E-state index in [-0.39, 0.29) is 37.7 Å². The van der Waals surface area contributed by atoms with Gasteiger partial charge in [-0.15, -0.1) is 0 Å². The third-order valence-electron chi connectivity index (χ3n) is 4.39. The van der Waals surface area contributed by atoms with Crippen molar-refractivity contribution in [3.63, 3.8) is 0 Å². The van der Waals surface area contributed by atoms with Gasteiger partial charge in [-0.25, -0.2) is 14.4 Å². The molecule has 0 radical (unpaired) electrons. The van der Waals surface area contributed by atoms with Crippen LogP contribution in [-0.2, 0) is 28.6 Å². The summed E-state index contributed by atoms with van der Waals surface area (Å²) in [5.41, 5.74) is 0. The summed E-state index contributed by atoms with van der Waals surface area (Å²) in [4.78, 5) is 31.5. The summed E-state index contributed by atoms with van der Waals surface area (Å²) >= 11 is 0. The molecular weight excluding hydrogens is 544 g/mol. The van der Waals surface area contributed by atoms with Crippen molar-refractivity contribution in [2.24, 2.45) is 0 Å². The minimum atomic E-state index is -1.48. The van der Waals surface area contributed by atoms with Crippen molar-refractivity contribution in [3.8, 4) is 0 Å². The molecule has 0 fully saturated rings. The molecule has 0 unspecified atom stereocenters. The molecule has 0 saturated carbocycles. The average Bonchev–Trinajstić information content (AvgIpc) is 3.40. The van der Waals surface area contributed by atoms with Gasteiger partial charge in [0.1, 0.15) is 30.5 Å². The van der Waals surface area contributed by atoms with Crippen molar-refractivity contribution in [2.75, 3.05) is 19.8 Å². The molecule has 0 amide bonds. The molecule has 0 aromatic heterocycles. The predicted molar refractivity (Wildman–Crippen MR) is 106 cm³/mol. The predicted octanol–water partition coefficient (Wildman–Crippen LogP) is -7.00. The summed E-state index contributed by atoms with van der Waals surface area (Å²) in [6, 6.07) is 0. The van der Waals surface area contributed by atoms with Gasteiger partial charge in [0, 0.05) is 0 Å². The molecule has 3 aliphatic rings. The Morgan fingerprint density at radius 2 is 0.865 bits per heavy atom. The van der Waals surface area contributed by atoms with Gasteiger partial charge in [-0.2, -0.15) is 0 Å². The van der Waals surface area contributed by atoms with Crippen LogP contribution in [0, 0.1) is 0 Å². The first kappa shape index (κ1) is 34.4. The van der Waals surface area contributed by atoms with Crippen LogP contribution in [0.4, 0.5) is 0 Å². The maximum Gasteiger partial charge on any atom is 2.00 e. The molecule has 0 aromatic carbocycles. The Bertz CT molecular complexity index is 822. The van der Waals surface area contributed by atoms with Crippen LogP contribution in [0.15, 0.2) is 34.6 Å². The monoisotopic (exact) mass is 566 g/mol. The molecule has 3 heterocycles. The second kappa shape index (κ2) is 15.0. The molecule has 204 valence electrons. The summed E-state index contributed by atoms with van der Waals surface area (Å²) in [5, 5.41) is 109. The first-order valence-corrected chi connectivity index (χ1v) is 9.55. The third kappa shape index (κ3) is 8.22. The Kier molecular flexibility index (Phi) is 14.0. The van der Waals surface area contributed by atoms with E-state index in [1.807, 2.05) is 0 Å². The van der Waals surface area contributed by atoms with Gasteiger partial charge in [0.15, 0.2) is 23.4 Å². The summed E-state index contributed by atoms with van der Waals surface area (Å²) in [6.07, 6.45) is -8.68. The number of carbonyl (C=O) groups excluding carboxylic acids is 3. The molecule has 0 bridgehead atoms. The van der Waals surface area contributed by atoms with Gasteiger partial charge < -0.3 is 75.5 Å². The summed E-state index contributed by atoms with van der Waals surface area (Å²) in [6.45, 7) is -2.09. The number of cyclic esters (lactones) is 3. The standard InChI is InChI=1S/3C6H8O6.Ca/c3*7-1-2(8)5-3(9)4(10)6(11)12-5;/h3*2,5,7-10H,1H2;/q;;;+2/p-2/t3*2-,5+;/m000./s1. The van der Waals surface area contributed by atoms with Crippen molar-refractivity contribution in [1.82, 2.24) is 0 Å². The number of esters is 3. The van der Waals surface area contributed by atoms with Gasteiger partial charge in [-0.1, -0.05) is 0 Å². The van der Waals surface area contributed by atoms with Crippen molar-refractivity contribution in [1.29, 1.82) is 0 Å². The second-order valence-corrected chi connectivity index (χ2v) is 6.89. The van der Waals surface area contributed by atoms with Crippen LogP contribution in [0.1, 0.15) is 0 Å². The number of hydrogen-bond donors (Lipinski definition) is 10. The second-order valence-electron chi connectivity index (χ2n) is 6.89. The van der Waals surface area contributed by atoms with E-state index in [9.17, 15) is 24.6 Å². The Morgan fingerprint density at radius 1 is 0.595 bits per heavy atom. The van der Waals surface area contributed by atoms with Crippen LogP contribution < -0.4 is 10.2 Å². The van der Waals surface area contributed by atoms with E-state index >= 15 is 0 Å². The summed E-state index contributed by atoms with van der Waals surface area (Å²) < 4.78 is 12.8. The van der Waals surface area contributed by atoms with Gasteiger partial charge in [0.25, 0.3) is 0 Å². The first-order chi connectivity index (χ1) is 16.7. The zero-order chi connectivity index (χ0) is 27.9. The molecule has 3 rings (SSSR count). The number of ether oxygens (including phenoxy) is 3. The SMILES string of the molecule is O=C1O[C@H]([C@@H](O)CO)C(O)=C1O.O=C1O[C@H]([C@@H](O)CO)C([O-])=C1O.O=C1O[C@H]([C@@H](O)CO)C([O-])=C1O.[Ca+2]. The van der Waals surface area contributed by atoms with Crippen LogP contribution in [0.3, 0.4) is 0 Å². The van der Waals surface area contributed by atoms with Gasteiger partial charge in [0.05, 0.1) is 19.8 Å². The van der Waals surface area contributed by atoms with Gasteiger partial charge in [-0.05, 0) is 11.5 Å². The molecule has 0 spiro atoms. The number of rotatable bonds is 6. The maximum absolute atomic E-state index is 10.8. The molecule has 0 aliphatic carbocycles. The number of aliphatic hydroxyl groups excluding tert-OH is 10. The molecule has 6 atom stereocenters. The minimum absolute atomic E-state index is 0. The van der Waals surface area contributed by atoms with E-state index < -0.39 is 109 Å². The fourth-order valence-electron chi connectivity index (χ4n) is 2.44. The van der Waals surface area contributed by atoms with Crippen LogP contribution >= 0.6 is 0 Å². The van der Waals surface area contributed by atoms with Crippen molar-refractivity contribution < 1.29 is 89.9 Å². The van der Waals surface area contributed by atoms with Gasteiger partial charge in [0.2, 0.25) is 5.76 Å². The summed E-state index contributed by atoms with van der Waals surface area (Å²) in [5.74, 6) is -9.18. The topological polar surface area (TPSA) is 327 Å². The number of carbonyl (C=O) groups is 3. The van der Waals surface area contributed by atoms with Crippen molar-refractivity contribution >= 4 is 55.6 Å². The summed E-state index contributed by atoms with van der Waals surface area (Å²) in [7, 11) is 0. The van der Waals surface area contributed by atoms with Crippen LogP contribution in [0.5, 0.6) is 0 Å². The smallest absolute Gasteiger partial charge is 0.870 e. The van der Waals surface area contributed by atoms with Crippen LogP contribution in [0.2, 0.25) is 0 Å².